The fraction of sp³-hybridized carbons (Fsp3) is 0.444. The van der Waals surface area contributed by atoms with E-state index in [1.165, 1.54) is 0 Å². The molecule has 2 heterocycles. The van der Waals surface area contributed by atoms with Crippen LogP contribution < -0.4 is 5.32 Å². The van der Waals surface area contributed by atoms with Gasteiger partial charge in [-0.1, -0.05) is 0 Å². The lowest BCUT2D eigenvalue weighted by molar-refractivity contribution is -0.123. The van der Waals surface area contributed by atoms with E-state index in [9.17, 15) is 4.79 Å². The van der Waals surface area contributed by atoms with E-state index in [2.05, 4.69) is 21.2 Å². The van der Waals surface area contributed by atoms with Gasteiger partial charge in [0, 0.05) is 40.2 Å². The zero-order chi connectivity index (χ0) is 9.26. The highest BCUT2D eigenvalue weighted by atomic mass is 79.9. The van der Waals surface area contributed by atoms with Crippen molar-refractivity contribution in [2.75, 3.05) is 13.1 Å². The summed E-state index contributed by atoms with van der Waals surface area (Å²) in [5.74, 6) is 0.633. The summed E-state index contributed by atoms with van der Waals surface area (Å²) < 4.78 is 1.08. The molecule has 2 rings (SSSR count). The predicted molar refractivity (Wildman–Crippen MR) is 57.1 cm³/mol. The number of carbonyl (C=O) groups is 1. The van der Waals surface area contributed by atoms with Crippen LogP contribution >= 0.6 is 27.3 Å². The normalized spacial score (nSPS) is 17.0. The van der Waals surface area contributed by atoms with Crippen molar-refractivity contribution in [3.63, 3.8) is 0 Å². The van der Waals surface area contributed by atoms with Crippen molar-refractivity contribution in [3.05, 3.63) is 20.8 Å². The van der Waals surface area contributed by atoms with Crippen molar-refractivity contribution in [2.45, 2.75) is 6.42 Å². The molecule has 2 nitrogen and oxygen atoms in total. The van der Waals surface area contributed by atoms with Crippen LogP contribution in [0, 0.1) is 5.92 Å². The molecule has 0 amide bonds. The maximum atomic E-state index is 11.6. The molecule has 1 aromatic heterocycles. The molecule has 0 atom stereocenters. The molecule has 1 saturated heterocycles. The van der Waals surface area contributed by atoms with Crippen LogP contribution in [-0.4, -0.2) is 18.9 Å². The molecule has 0 bridgehead atoms. The number of hydrogen-bond acceptors (Lipinski definition) is 3. The van der Waals surface area contributed by atoms with Gasteiger partial charge in [-0.3, -0.25) is 4.79 Å². The Hall–Kier alpha value is -0.190. The molecule has 0 aromatic carbocycles. The minimum Gasteiger partial charge on any atom is -0.315 e. The van der Waals surface area contributed by atoms with E-state index in [1.807, 2.05) is 11.4 Å². The first-order valence-corrected chi connectivity index (χ1v) is 5.89. The Morgan fingerprint density at radius 1 is 1.69 bits per heavy atom. The van der Waals surface area contributed by atoms with E-state index in [0.29, 0.717) is 12.2 Å². The van der Waals surface area contributed by atoms with Gasteiger partial charge in [0.2, 0.25) is 0 Å². The Bertz CT molecular complexity index is 319. The molecule has 1 aliphatic rings. The lowest BCUT2D eigenvalue weighted by Crippen LogP contribution is -2.46. The fourth-order valence-electron chi connectivity index (χ4n) is 1.28. The monoisotopic (exact) mass is 259 g/mol. The number of hydrogen-bond donors (Lipinski definition) is 1. The summed E-state index contributed by atoms with van der Waals surface area (Å²) >= 11 is 5.02. The first-order chi connectivity index (χ1) is 6.25. The molecule has 0 unspecified atom stereocenters. The zero-order valence-electron chi connectivity index (χ0n) is 7.05. The zero-order valence-corrected chi connectivity index (χ0v) is 9.45. The number of nitrogens with one attached hydrogen (secondary N) is 1. The molecular formula is C9H10BrNOS. The highest BCUT2D eigenvalue weighted by Crippen LogP contribution is 2.21. The van der Waals surface area contributed by atoms with Crippen LogP contribution in [0.15, 0.2) is 15.9 Å². The number of ketones is 1. The Labute approximate surface area is 89.5 Å². The fourth-order valence-corrected chi connectivity index (χ4v) is 2.74. The van der Waals surface area contributed by atoms with Gasteiger partial charge in [0.1, 0.15) is 5.78 Å². The number of Topliss-reactive ketones (excluding diaryl/α,β-unsaturated/α-hetero) is 1. The number of halogens is 1. The largest absolute Gasteiger partial charge is 0.315 e. The van der Waals surface area contributed by atoms with Crippen molar-refractivity contribution in [1.82, 2.24) is 5.32 Å². The Balaban J connectivity index is 1.93. The van der Waals surface area contributed by atoms with Gasteiger partial charge in [0.25, 0.3) is 0 Å². The SMILES string of the molecule is O=C(Cc1cc(Br)cs1)C1CNC1. The highest BCUT2D eigenvalue weighted by Gasteiger charge is 2.24. The summed E-state index contributed by atoms with van der Waals surface area (Å²) in [7, 11) is 0. The minimum absolute atomic E-state index is 0.265. The van der Waals surface area contributed by atoms with E-state index in [-0.39, 0.29) is 5.92 Å². The quantitative estimate of drug-likeness (QED) is 0.898. The average molecular weight is 260 g/mol. The van der Waals surface area contributed by atoms with Gasteiger partial charge in [0.15, 0.2) is 0 Å². The van der Waals surface area contributed by atoms with Crippen LogP contribution in [0.2, 0.25) is 0 Å². The maximum Gasteiger partial charge on any atom is 0.143 e. The van der Waals surface area contributed by atoms with Crippen LogP contribution in [0.4, 0.5) is 0 Å². The second-order valence-corrected chi connectivity index (χ2v) is 5.14. The van der Waals surface area contributed by atoms with Gasteiger partial charge in [-0.2, -0.15) is 0 Å². The minimum atomic E-state index is 0.265. The lowest BCUT2D eigenvalue weighted by Gasteiger charge is -2.25. The van der Waals surface area contributed by atoms with Gasteiger partial charge < -0.3 is 5.32 Å². The second-order valence-electron chi connectivity index (χ2n) is 3.23. The van der Waals surface area contributed by atoms with Crippen LogP contribution in [-0.2, 0) is 11.2 Å². The number of rotatable bonds is 3. The predicted octanol–water partition coefficient (Wildman–Crippen LogP) is 1.84. The molecule has 1 aliphatic heterocycles. The summed E-state index contributed by atoms with van der Waals surface area (Å²) in [5.41, 5.74) is 0. The summed E-state index contributed by atoms with van der Waals surface area (Å²) in [5, 5.41) is 5.12. The summed E-state index contributed by atoms with van der Waals surface area (Å²) in [6.07, 6.45) is 0.600. The topological polar surface area (TPSA) is 29.1 Å². The molecule has 0 saturated carbocycles. The molecule has 13 heavy (non-hydrogen) atoms. The van der Waals surface area contributed by atoms with Gasteiger partial charge in [-0.05, 0) is 22.0 Å². The van der Waals surface area contributed by atoms with Crippen LogP contribution in [0.1, 0.15) is 4.88 Å². The average Bonchev–Trinajstić information content (AvgIpc) is 2.31. The Morgan fingerprint density at radius 2 is 2.46 bits per heavy atom. The summed E-state index contributed by atoms with van der Waals surface area (Å²) in [6, 6.07) is 2.02. The third kappa shape index (κ3) is 2.18. The van der Waals surface area contributed by atoms with E-state index >= 15 is 0 Å². The Kier molecular flexibility index (Phi) is 2.81. The highest BCUT2D eigenvalue weighted by molar-refractivity contribution is 9.10. The third-order valence-electron chi connectivity index (χ3n) is 2.21. The van der Waals surface area contributed by atoms with E-state index < -0.39 is 0 Å². The van der Waals surface area contributed by atoms with Crippen molar-refractivity contribution >= 4 is 33.0 Å². The van der Waals surface area contributed by atoms with Crippen molar-refractivity contribution in [3.8, 4) is 0 Å². The third-order valence-corrected chi connectivity index (χ3v) is 3.90. The van der Waals surface area contributed by atoms with Crippen molar-refractivity contribution in [2.24, 2.45) is 5.92 Å². The molecule has 4 heteroatoms. The van der Waals surface area contributed by atoms with Gasteiger partial charge in [0.05, 0.1) is 0 Å². The van der Waals surface area contributed by atoms with Gasteiger partial charge in [-0.25, -0.2) is 0 Å². The van der Waals surface area contributed by atoms with Gasteiger partial charge in [-0.15, -0.1) is 11.3 Å². The smallest absolute Gasteiger partial charge is 0.143 e. The molecule has 0 radical (unpaired) electrons. The van der Waals surface area contributed by atoms with Crippen LogP contribution in [0.25, 0.3) is 0 Å². The molecule has 1 aromatic rings. The first kappa shape index (κ1) is 9.37. The first-order valence-electron chi connectivity index (χ1n) is 4.22. The second kappa shape index (κ2) is 3.90. The molecule has 0 aliphatic carbocycles. The molecule has 1 fully saturated rings. The molecular weight excluding hydrogens is 250 g/mol. The maximum absolute atomic E-state index is 11.6. The van der Waals surface area contributed by atoms with Gasteiger partial charge >= 0.3 is 0 Å². The molecule has 1 N–H and O–H groups in total. The van der Waals surface area contributed by atoms with Crippen molar-refractivity contribution in [1.29, 1.82) is 0 Å². The Morgan fingerprint density at radius 3 is 2.92 bits per heavy atom. The van der Waals surface area contributed by atoms with Crippen LogP contribution in [0.5, 0.6) is 0 Å². The summed E-state index contributed by atoms with van der Waals surface area (Å²) in [4.78, 5) is 12.7. The molecule has 0 spiro atoms. The lowest BCUT2D eigenvalue weighted by atomic mass is 9.95. The van der Waals surface area contributed by atoms with E-state index in [4.69, 9.17) is 0 Å². The van der Waals surface area contributed by atoms with E-state index in [0.717, 1.165) is 22.4 Å². The number of carbonyl (C=O) groups excluding carboxylic acids is 1. The summed E-state index contributed by atoms with van der Waals surface area (Å²) in [6.45, 7) is 1.73. The molecule has 70 valence electrons. The standard InChI is InChI=1S/C9H10BrNOS/c10-7-1-8(13-5-7)2-9(12)6-3-11-4-6/h1,5-6,11H,2-4H2. The van der Waals surface area contributed by atoms with E-state index in [1.54, 1.807) is 11.3 Å². The van der Waals surface area contributed by atoms with Crippen LogP contribution in [0.3, 0.4) is 0 Å². The van der Waals surface area contributed by atoms with Crippen molar-refractivity contribution < 1.29 is 4.79 Å². The number of thiophene rings is 1.